The average Bonchev–Trinajstić information content (AvgIpc) is 2.66. The van der Waals surface area contributed by atoms with Crippen molar-refractivity contribution in [2.45, 2.75) is 20.0 Å². The van der Waals surface area contributed by atoms with E-state index in [-0.39, 0.29) is 0 Å². The summed E-state index contributed by atoms with van der Waals surface area (Å²) in [6, 6.07) is 1.81. The number of rotatable bonds is 1. The number of halogens is 2. The van der Waals surface area contributed by atoms with Gasteiger partial charge in [0.15, 0.2) is 0 Å². The molecule has 0 saturated carbocycles. The molecule has 0 amide bonds. The number of imidazole rings is 1. The molecule has 0 fully saturated rings. The smallest absolute Gasteiger partial charge is 0.320 e. The summed E-state index contributed by atoms with van der Waals surface area (Å²) in [5.74, 6) is 0.341. The molecule has 1 aliphatic heterocycles. The van der Waals surface area contributed by atoms with Crippen LogP contribution in [0.25, 0.3) is 11.3 Å². The number of aromatic nitrogens is 3. The minimum atomic E-state index is -2.56. The van der Waals surface area contributed by atoms with Crippen molar-refractivity contribution in [1.29, 1.82) is 0 Å². The fourth-order valence-electron chi connectivity index (χ4n) is 2.42. The predicted octanol–water partition coefficient (Wildman–Crippen LogP) is 2.60. The number of hydrogen-bond acceptors (Lipinski definition) is 3. The first-order chi connectivity index (χ1) is 8.59. The number of nitrogens with zero attached hydrogens (tertiary/aromatic N) is 4. The molecule has 0 radical (unpaired) electrons. The standard InChI is InChI=1S/C12H12F2N4/c1-7-16-11-8-3-4-15-5-9(8)17(2)6-10(11)18(7)12(13)14/h3-5,12H,6H2,1-2H3. The van der Waals surface area contributed by atoms with Crippen molar-refractivity contribution in [2.24, 2.45) is 0 Å². The Hall–Kier alpha value is -1.98. The molecule has 3 heterocycles. The van der Waals surface area contributed by atoms with E-state index in [0.717, 1.165) is 15.8 Å². The van der Waals surface area contributed by atoms with Crippen LogP contribution in [0.4, 0.5) is 14.5 Å². The minimum Gasteiger partial charge on any atom is -0.367 e. The second kappa shape index (κ2) is 3.76. The topological polar surface area (TPSA) is 34.0 Å². The molecule has 18 heavy (non-hydrogen) atoms. The van der Waals surface area contributed by atoms with E-state index in [1.165, 1.54) is 0 Å². The first kappa shape index (κ1) is 11.1. The molecular weight excluding hydrogens is 238 g/mol. The quantitative estimate of drug-likeness (QED) is 0.780. The van der Waals surface area contributed by atoms with Gasteiger partial charge in [0, 0.05) is 18.8 Å². The predicted molar refractivity (Wildman–Crippen MR) is 63.6 cm³/mol. The lowest BCUT2D eigenvalue weighted by Gasteiger charge is -2.27. The first-order valence-corrected chi connectivity index (χ1v) is 5.61. The monoisotopic (exact) mass is 250 g/mol. The van der Waals surface area contributed by atoms with E-state index in [9.17, 15) is 8.78 Å². The van der Waals surface area contributed by atoms with Crippen molar-refractivity contribution in [3.05, 3.63) is 30.0 Å². The highest BCUT2D eigenvalue weighted by Crippen LogP contribution is 2.38. The molecule has 0 aliphatic carbocycles. The number of pyridine rings is 1. The number of hydrogen-bond donors (Lipinski definition) is 0. The molecule has 0 atom stereocenters. The van der Waals surface area contributed by atoms with Crippen LogP contribution >= 0.6 is 0 Å². The van der Waals surface area contributed by atoms with Crippen LogP contribution in [0.15, 0.2) is 18.5 Å². The van der Waals surface area contributed by atoms with Gasteiger partial charge in [-0.1, -0.05) is 0 Å². The molecule has 3 rings (SSSR count). The van der Waals surface area contributed by atoms with Gasteiger partial charge in [-0.2, -0.15) is 8.78 Å². The molecule has 0 spiro atoms. The maximum absolute atomic E-state index is 13.0. The molecular formula is C12H12F2N4. The van der Waals surface area contributed by atoms with E-state index >= 15 is 0 Å². The third-order valence-electron chi connectivity index (χ3n) is 3.23. The number of anilines is 1. The summed E-state index contributed by atoms with van der Waals surface area (Å²) in [6.45, 7) is -0.539. The SMILES string of the molecule is Cc1nc2c(n1C(F)F)CN(C)c1cnccc1-2. The zero-order valence-corrected chi connectivity index (χ0v) is 10.1. The van der Waals surface area contributed by atoms with Gasteiger partial charge < -0.3 is 4.90 Å². The Morgan fingerprint density at radius 3 is 2.89 bits per heavy atom. The fraction of sp³-hybridized carbons (Fsp3) is 0.333. The maximum Gasteiger partial charge on any atom is 0.320 e. The molecule has 0 unspecified atom stereocenters. The van der Waals surface area contributed by atoms with Gasteiger partial charge in [-0.3, -0.25) is 9.55 Å². The minimum absolute atomic E-state index is 0.341. The highest BCUT2D eigenvalue weighted by molar-refractivity contribution is 5.80. The molecule has 1 aliphatic rings. The van der Waals surface area contributed by atoms with Crippen LogP contribution in [0.1, 0.15) is 18.1 Å². The van der Waals surface area contributed by atoms with Crippen LogP contribution in [0, 0.1) is 6.92 Å². The van der Waals surface area contributed by atoms with Crippen LogP contribution in [0.2, 0.25) is 0 Å². The summed E-state index contributed by atoms with van der Waals surface area (Å²) in [5, 5.41) is 0. The highest BCUT2D eigenvalue weighted by atomic mass is 19.3. The van der Waals surface area contributed by atoms with Crippen LogP contribution in [-0.4, -0.2) is 21.6 Å². The van der Waals surface area contributed by atoms with Gasteiger partial charge in [0.05, 0.1) is 29.8 Å². The van der Waals surface area contributed by atoms with Crippen LogP contribution in [0.3, 0.4) is 0 Å². The summed E-state index contributed by atoms with van der Waals surface area (Å²) in [5.41, 5.74) is 2.98. The van der Waals surface area contributed by atoms with Crippen LogP contribution in [0.5, 0.6) is 0 Å². The number of alkyl halides is 2. The second-order valence-corrected chi connectivity index (χ2v) is 4.35. The summed E-state index contributed by atoms with van der Waals surface area (Å²) in [4.78, 5) is 10.2. The van der Waals surface area contributed by atoms with Crippen LogP contribution < -0.4 is 4.90 Å². The maximum atomic E-state index is 13.0. The van der Waals surface area contributed by atoms with Crippen molar-refractivity contribution < 1.29 is 8.78 Å². The van der Waals surface area contributed by atoms with Crippen molar-refractivity contribution >= 4 is 5.69 Å². The molecule has 0 bridgehead atoms. The zero-order valence-electron chi connectivity index (χ0n) is 10.1. The van der Waals surface area contributed by atoms with E-state index in [1.54, 1.807) is 19.3 Å². The second-order valence-electron chi connectivity index (χ2n) is 4.35. The number of fused-ring (bicyclic) bond motifs is 3. The van der Waals surface area contributed by atoms with Gasteiger partial charge in [-0.15, -0.1) is 0 Å². The molecule has 0 N–H and O–H groups in total. The lowest BCUT2D eigenvalue weighted by molar-refractivity contribution is 0.0651. The van der Waals surface area contributed by atoms with Crippen molar-refractivity contribution in [3.63, 3.8) is 0 Å². The van der Waals surface area contributed by atoms with E-state index in [0.29, 0.717) is 23.8 Å². The molecule has 6 heteroatoms. The van der Waals surface area contributed by atoms with Gasteiger partial charge in [0.2, 0.25) is 0 Å². The van der Waals surface area contributed by atoms with E-state index < -0.39 is 6.55 Å². The van der Waals surface area contributed by atoms with Gasteiger partial charge in [-0.05, 0) is 13.0 Å². The third kappa shape index (κ3) is 1.41. The van der Waals surface area contributed by atoms with Gasteiger partial charge >= 0.3 is 6.55 Å². The Morgan fingerprint density at radius 2 is 2.17 bits per heavy atom. The molecule has 94 valence electrons. The van der Waals surface area contributed by atoms with Crippen molar-refractivity contribution in [3.8, 4) is 11.3 Å². The Kier molecular flexibility index (Phi) is 2.33. The number of aryl methyl sites for hydroxylation is 1. The Balaban J connectivity index is 2.27. The van der Waals surface area contributed by atoms with Crippen LogP contribution in [-0.2, 0) is 6.54 Å². The average molecular weight is 250 g/mol. The van der Waals surface area contributed by atoms with Crippen molar-refractivity contribution in [2.75, 3.05) is 11.9 Å². The normalized spacial score (nSPS) is 13.7. The van der Waals surface area contributed by atoms with E-state index in [1.807, 2.05) is 18.0 Å². The molecule has 0 saturated heterocycles. The van der Waals surface area contributed by atoms with Gasteiger partial charge in [0.25, 0.3) is 0 Å². The molecule has 0 aromatic carbocycles. The summed E-state index contributed by atoms with van der Waals surface area (Å²) in [6.07, 6.45) is 3.38. The van der Waals surface area contributed by atoms with Gasteiger partial charge in [-0.25, -0.2) is 4.98 Å². The highest BCUT2D eigenvalue weighted by Gasteiger charge is 2.28. The van der Waals surface area contributed by atoms with E-state index in [2.05, 4.69) is 9.97 Å². The first-order valence-electron chi connectivity index (χ1n) is 5.61. The Labute approximate surface area is 103 Å². The zero-order chi connectivity index (χ0) is 12.9. The fourth-order valence-corrected chi connectivity index (χ4v) is 2.42. The summed E-state index contributed by atoms with van der Waals surface area (Å²) < 4.78 is 27.1. The molecule has 4 nitrogen and oxygen atoms in total. The Morgan fingerprint density at radius 1 is 1.39 bits per heavy atom. The van der Waals surface area contributed by atoms with E-state index in [4.69, 9.17) is 0 Å². The molecule has 2 aromatic rings. The van der Waals surface area contributed by atoms with Gasteiger partial charge in [0.1, 0.15) is 5.82 Å². The summed E-state index contributed by atoms with van der Waals surface area (Å²) in [7, 11) is 1.86. The lowest BCUT2D eigenvalue weighted by atomic mass is 10.1. The Bertz CT molecular complexity index is 606. The summed E-state index contributed by atoms with van der Waals surface area (Å²) >= 11 is 0. The third-order valence-corrected chi connectivity index (χ3v) is 3.23. The molecule has 2 aromatic heterocycles. The largest absolute Gasteiger partial charge is 0.367 e. The lowest BCUT2D eigenvalue weighted by Crippen LogP contribution is -2.24. The van der Waals surface area contributed by atoms with Crippen molar-refractivity contribution in [1.82, 2.24) is 14.5 Å².